The fourth-order valence-electron chi connectivity index (χ4n) is 1.90. The summed E-state index contributed by atoms with van der Waals surface area (Å²) in [6.45, 7) is 1.75. The smallest absolute Gasteiger partial charge is 0.327 e. The zero-order valence-corrected chi connectivity index (χ0v) is 12.0. The third kappa shape index (κ3) is 2.99. The van der Waals surface area contributed by atoms with Gasteiger partial charge in [0, 0.05) is 11.4 Å². The molecule has 2 N–H and O–H groups in total. The van der Waals surface area contributed by atoms with Crippen LogP contribution in [0.1, 0.15) is 6.92 Å². The molecule has 0 bridgehead atoms. The monoisotopic (exact) mass is 318 g/mol. The van der Waals surface area contributed by atoms with E-state index in [1.54, 1.807) is 6.92 Å². The van der Waals surface area contributed by atoms with Gasteiger partial charge in [0.05, 0.1) is 10.4 Å². The van der Waals surface area contributed by atoms with Crippen molar-refractivity contribution < 1.29 is 19.1 Å². The highest BCUT2D eigenvalue weighted by Gasteiger charge is 2.39. The first-order valence-corrected chi connectivity index (χ1v) is 7.21. The third-order valence-electron chi connectivity index (χ3n) is 2.91. The van der Waals surface area contributed by atoms with Crippen LogP contribution >= 0.6 is 23.4 Å². The van der Waals surface area contributed by atoms with Crippen molar-refractivity contribution in [1.29, 1.82) is 0 Å². The summed E-state index contributed by atoms with van der Waals surface area (Å²) in [5.41, 5.74) is 0.227. The summed E-state index contributed by atoms with van der Waals surface area (Å²) in [4.78, 5) is 24.5. The minimum Gasteiger partial charge on any atom is -0.480 e. The van der Waals surface area contributed by atoms with E-state index in [0.717, 1.165) is 6.07 Å². The van der Waals surface area contributed by atoms with Gasteiger partial charge in [-0.05, 0) is 25.1 Å². The maximum absolute atomic E-state index is 13.3. The number of rotatable bonds is 2. The van der Waals surface area contributed by atoms with Gasteiger partial charge < -0.3 is 10.4 Å². The Morgan fingerprint density at radius 2 is 2.25 bits per heavy atom. The Hall–Kier alpha value is -1.47. The van der Waals surface area contributed by atoms with Gasteiger partial charge in [0.1, 0.15) is 11.9 Å². The molecule has 2 rings (SSSR count). The van der Waals surface area contributed by atoms with Crippen LogP contribution in [0.5, 0.6) is 0 Å². The summed E-state index contributed by atoms with van der Waals surface area (Å²) in [5, 5.41) is 11.3. The van der Waals surface area contributed by atoms with Crippen LogP contribution in [0, 0.1) is 5.82 Å². The van der Waals surface area contributed by atoms with Crippen molar-refractivity contribution in [2.75, 3.05) is 11.1 Å². The number of amides is 2. The van der Waals surface area contributed by atoms with Gasteiger partial charge in [-0.2, -0.15) is 0 Å². The number of nitrogens with zero attached hydrogens (tertiary/aromatic N) is 1. The number of halogens is 2. The van der Waals surface area contributed by atoms with E-state index in [4.69, 9.17) is 16.7 Å². The number of carbonyl (C=O) groups is 2. The molecule has 2 atom stereocenters. The summed E-state index contributed by atoms with van der Waals surface area (Å²) >= 11 is 6.93. The van der Waals surface area contributed by atoms with Crippen molar-refractivity contribution in [3.05, 3.63) is 29.0 Å². The number of carboxylic acids is 1. The van der Waals surface area contributed by atoms with Gasteiger partial charge in [-0.15, -0.1) is 11.8 Å². The Labute approximate surface area is 124 Å². The quantitative estimate of drug-likeness (QED) is 0.879. The minimum absolute atomic E-state index is 0.0449. The molecular formula is C12H12ClFN2O3S. The molecule has 2 unspecified atom stereocenters. The lowest BCUT2D eigenvalue weighted by molar-refractivity contribution is -0.141. The standard InChI is InChI=1S/C12H12ClFN2O3S/c1-6-16(10(5-20-6)11(17)18)12(19)15-7-2-3-8(13)9(14)4-7/h2-4,6,10H,5H2,1H3,(H,15,19)(H,17,18). The lowest BCUT2D eigenvalue weighted by Gasteiger charge is -2.25. The number of carbonyl (C=O) groups excluding carboxylic acids is 1. The van der Waals surface area contributed by atoms with E-state index < -0.39 is 23.9 Å². The van der Waals surface area contributed by atoms with Crippen LogP contribution in [0.25, 0.3) is 0 Å². The molecule has 0 radical (unpaired) electrons. The molecule has 1 saturated heterocycles. The summed E-state index contributed by atoms with van der Waals surface area (Å²) in [6, 6.07) is 2.41. The first kappa shape index (κ1) is 14.9. The van der Waals surface area contributed by atoms with Crippen LogP contribution in [0.3, 0.4) is 0 Å². The number of hydrogen-bond donors (Lipinski definition) is 2. The molecule has 0 aromatic heterocycles. The fourth-order valence-corrected chi connectivity index (χ4v) is 3.19. The Balaban J connectivity index is 2.14. The van der Waals surface area contributed by atoms with Crippen LogP contribution < -0.4 is 5.32 Å². The molecule has 0 aliphatic carbocycles. The van der Waals surface area contributed by atoms with Crippen molar-refractivity contribution in [2.45, 2.75) is 18.3 Å². The van der Waals surface area contributed by atoms with Crippen molar-refractivity contribution in [3.63, 3.8) is 0 Å². The van der Waals surface area contributed by atoms with Gasteiger partial charge in [0.15, 0.2) is 0 Å². The van der Waals surface area contributed by atoms with E-state index in [2.05, 4.69) is 5.32 Å². The first-order chi connectivity index (χ1) is 9.40. The Morgan fingerprint density at radius 3 is 2.85 bits per heavy atom. The van der Waals surface area contributed by atoms with Crippen molar-refractivity contribution in [2.24, 2.45) is 0 Å². The van der Waals surface area contributed by atoms with E-state index >= 15 is 0 Å². The molecule has 1 aliphatic rings. The van der Waals surface area contributed by atoms with Crippen LogP contribution in [0.2, 0.25) is 5.02 Å². The summed E-state index contributed by atoms with van der Waals surface area (Å²) in [7, 11) is 0. The normalized spacial score (nSPS) is 21.9. The highest BCUT2D eigenvalue weighted by Crippen LogP contribution is 2.29. The van der Waals surface area contributed by atoms with E-state index in [1.165, 1.54) is 28.8 Å². The van der Waals surface area contributed by atoms with Crippen molar-refractivity contribution in [3.8, 4) is 0 Å². The molecule has 0 spiro atoms. The van der Waals surface area contributed by atoms with Gasteiger partial charge >= 0.3 is 12.0 Å². The third-order valence-corrected chi connectivity index (χ3v) is 4.44. The Morgan fingerprint density at radius 1 is 1.55 bits per heavy atom. The van der Waals surface area contributed by atoms with Crippen LogP contribution in [0.4, 0.5) is 14.9 Å². The largest absolute Gasteiger partial charge is 0.480 e. The molecular weight excluding hydrogens is 307 g/mol. The van der Waals surface area contributed by atoms with Crippen LogP contribution in [0.15, 0.2) is 18.2 Å². The maximum atomic E-state index is 13.3. The van der Waals surface area contributed by atoms with Gasteiger partial charge in [0.25, 0.3) is 0 Å². The number of carboxylic acid groups (broad SMARTS) is 1. The van der Waals surface area contributed by atoms with Gasteiger partial charge in [0.2, 0.25) is 0 Å². The number of benzene rings is 1. The molecule has 20 heavy (non-hydrogen) atoms. The van der Waals surface area contributed by atoms with E-state index in [9.17, 15) is 14.0 Å². The second kappa shape index (κ2) is 5.88. The molecule has 1 heterocycles. The second-order valence-electron chi connectivity index (χ2n) is 4.25. The summed E-state index contributed by atoms with van der Waals surface area (Å²) < 4.78 is 13.3. The number of nitrogens with one attached hydrogen (secondary N) is 1. The molecule has 2 amide bonds. The Bertz CT molecular complexity index is 558. The molecule has 1 aromatic carbocycles. The van der Waals surface area contributed by atoms with Crippen LogP contribution in [-0.4, -0.2) is 39.2 Å². The number of hydrogen-bond acceptors (Lipinski definition) is 3. The summed E-state index contributed by atoms with van der Waals surface area (Å²) in [5.74, 6) is -1.37. The van der Waals surface area contributed by atoms with Crippen molar-refractivity contribution >= 4 is 41.1 Å². The maximum Gasteiger partial charge on any atom is 0.327 e. The molecule has 5 nitrogen and oxygen atoms in total. The predicted octanol–water partition coefficient (Wildman–Crippen LogP) is 2.86. The van der Waals surface area contributed by atoms with Gasteiger partial charge in [-0.1, -0.05) is 11.6 Å². The predicted molar refractivity (Wildman–Crippen MR) is 75.6 cm³/mol. The molecule has 108 valence electrons. The molecule has 0 saturated carbocycles. The number of anilines is 1. The Kier molecular flexibility index (Phi) is 4.39. The SMILES string of the molecule is CC1SCC(C(=O)O)N1C(=O)Nc1ccc(Cl)c(F)c1. The average Bonchev–Trinajstić information content (AvgIpc) is 2.76. The molecule has 8 heteroatoms. The molecule has 1 aliphatic heterocycles. The number of urea groups is 1. The first-order valence-electron chi connectivity index (χ1n) is 5.79. The van der Waals surface area contributed by atoms with Crippen molar-refractivity contribution in [1.82, 2.24) is 4.90 Å². The van der Waals surface area contributed by atoms with E-state index in [-0.39, 0.29) is 16.1 Å². The number of aliphatic carboxylic acids is 1. The summed E-state index contributed by atoms with van der Waals surface area (Å²) in [6.07, 6.45) is 0. The van der Waals surface area contributed by atoms with Gasteiger partial charge in [-0.3, -0.25) is 4.90 Å². The highest BCUT2D eigenvalue weighted by molar-refractivity contribution is 8.00. The minimum atomic E-state index is -1.06. The zero-order chi connectivity index (χ0) is 14.9. The fraction of sp³-hybridized carbons (Fsp3) is 0.333. The number of thioether (sulfide) groups is 1. The average molecular weight is 319 g/mol. The van der Waals surface area contributed by atoms with E-state index in [1.807, 2.05) is 0 Å². The molecule has 1 fully saturated rings. The van der Waals surface area contributed by atoms with Gasteiger partial charge in [-0.25, -0.2) is 14.0 Å². The molecule has 1 aromatic rings. The topological polar surface area (TPSA) is 69.6 Å². The lowest BCUT2D eigenvalue weighted by atomic mass is 10.3. The van der Waals surface area contributed by atoms with Crippen LogP contribution in [-0.2, 0) is 4.79 Å². The zero-order valence-electron chi connectivity index (χ0n) is 10.5. The highest BCUT2D eigenvalue weighted by atomic mass is 35.5. The lowest BCUT2D eigenvalue weighted by Crippen LogP contribution is -2.46. The second-order valence-corrected chi connectivity index (χ2v) is 6.01. The van der Waals surface area contributed by atoms with E-state index in [0.29, 0.717) is 5.75 Å².